The minimum absolute atomic E-state index is 0.365. The van der Waals surface area contributed by atoms with Crippen LogP contribution in [0.4, 0.5) is 0 Å². The number of methoxy groups -OCH3 is 2. The highest BCUT2D eigenvalue weighted by Gasteiger charge is 2.06. The molecule has 5 nitrogen and oxygen atoms in total. The number of hydrogen-bond donors (Lipinski definition) is 1. The highest BCUT2D eigenvalue weighted by atomic mass is 16.5. The van der Waals surface area contributed by atoms with Crippen LogP contribution in [-0.2, 0) is 16.0 Å². The maximum Gasteiger partial charge on any atom is 0.339 e. The molecule has 1 aromatic rings. The van der Waals surface area contributed by atoms with Crippen molar-refractivity contribution >= 4 is 5.97 Å². The third kappa shape index (κ3) is 4.81. The molecule has 1 heterocycles. The predicted octanol–water partition coefficient (Wildman–Crippen LogP) is 1.38. The van der Waals surface area contributed by atoms with Crippen LogP contribution in [0.15, 0.2) is 18.3 Å². The molecule has 0 fully saturated rings. The summed E-state index contributed by atoms with van der Waals surface area (Å²) in [5.41, 5.74) is 1.36. The van der Waals surface area contributed by atoms with Gasteiger partial charge >= 0.3 is 5.97 Å². The van der Waals surface area contributed by atoms with Crippen molar-refractivity contribution in [1.82, 2.24) is 10.3 Å². The second-order valence-corrected chi connectivity index (χ2v) is 4.09. The van der Waals surface area contributed by atoms with Crippen LogP contribution < -0.4 is 5.32 Å². The Morgan fingerprint density at radius 1 is 1.44 bits per heavy atom. The zero-order chi connectivity index (χ0) is 13.4. The number of rotatable bonds is 7. The average Bonchev–Trinajstić information content (AvgIpc) is 2.42. The van der Waals surface area contributed by atoms with E-state index >= 15 is 0 Å². The Morgan fingerprint density at radius 3 is 2.78 bits per heavy atom. The van der Waals surface area contributed by atoms with Gasteiger partial charge < -0.3 is 14.8 Å². The smallest absolute Gasteiger partial charge is 0.339 e. The van der Waals surface area contributed by atoms with Crippen LogP contribution in [-0.4, -0.2) is 37.8 Å². The van der Waals surface area contributed by atoms with Gasteiger partial charge in [0, 0.05) is 32.5 Å². The fraction of sp³-hybridized carbons (Fsp3) is 0.538. The lowest BCUT2D eigenvalue weighted by molar-refractivity contribution is 0.0600. The minimum Gasteiger partial charge on any atom is -0.465 e. The summed E-state index contributed by atoms with van der Waals surface area (Å²) < 4.78 is 9.62. The van der Waals surface area contributed by atoms with E-state index in [-0.39, 0.29) is 5.97 Å². The van der Waals surface area contributed by atoms with Crippen LogP contribution >= 0.6 is 0 Å². The molecule has 0 amide bonds. The van der Waals surface area contributed by atoms with Crippen LogP contribution in [0, 0.1) is 0 Å². The van der Waals surface area contributed by atoms with Gasteiger partial charge in [-0.25, -0.2) is 4.79 Å². The van der Waals surface area contributed by atoms with Crippen LogP contribution in [0.3, 0.4) is 0 Å². The van der Waals surface area contributed by atoms with E-state index < -0.39 is 0 Å². The molecule has 1 unspecified atom stereocenters. The lowest BCUT2D eigenvalue weighted by atomic mass is 10.2. The molecule has 0 aliphatic heterocycles. The molecule has 1 rings (SSSR count). The standard InChI is InChI=1S/C13H20N2O3/c1-10(6-7-17-2)14-9-12-5-4-11(8-15-12)13(16)18-3/h4-5,8,10,14H,6-7,9H2,1-3H3. The van der Waals surface area contributed by atoms with Crippen molar-refractivity contribution in [2.75, 3.05) is 20.8 Å². The first-order chi connectivity index (χ1) is 8.67. The zero-order valence-electron chi connectivity index (χ0n) is 11.1. The fourth-order valence-electron chi connectivity index (χ4n) is 1.44. The first-order valence-corrected chi connectivity index (χ1v) is 5.93. The van der Waals surface area contributed by atoms with E-state index in [9.17, 15) is 4.79 Å². The summed E-state index contributed by atoms with van der Waals surface area (Å²) in [6, 6.07) is 3.91. The van der Waals surface area contributed by atoms with E-state index in [0.29, 0.717) is 18.2 Å². The fourth-order valence-corrected chi connectivity index (χ4v) is 1.44. The van der Waals surface area contributed by atoms with Gasteiger partial charge in [0.15, 0.2) is 0 Å². The van der Waals surface area contributed by atoms with E-state index in [2.05, 4.69) is 22.0 Å². The Morgan fingerprint density at radius 2 is 2.22 bits per heavy atom. The number of ether oxygens (including phenoxy) is 2. The van der Waals surface area contributed by atoms with Gasteiger partial charge in [-0.3, -0.25) is 4.98 Å². The van der Waals surface area contributed by atoms with Crippen molar-refractivity contribution < 1.29 is 14.3 Å². The van der Waals surface area contributed by atoms with E-state index in [1.807, 2.05) is 6.07 Å². The highest BCUT2D eigenvalue weighted by Crippen LogP contribution is 2.02. The van der Waals surface area contributed by atoms with Crippen LogP contribution in [0.5, 0.6) is 0 Å². The van der Waals surface area contributed by atoms with Gasteiger partial charge in [-0.15, -0.1) is 0 Å². The third-order valence-electron chi connectivity index (χ3n) is 2.63. The van der Waals surface area contributed by atoms with Crippen molar-refractivity contribution in [2.45, 2.75) is 25.9 Å². The first-order valence-electron chi connectivity index (χ1n) is 5.93. The van der Waals surface area contributed by atoms with Gasteiger partial charge in [-0.05, 0) is 25.5 Å². The Labute approximate surface area is 108 Å². The van der Waals surface area contributed by atoms with Gasteiger partial charge in [-0.2, -0.15) is 0 Å². The molecule has 0 saturated carbocycles. The molecular formula is C13H20N2O3. The maximum atomic E-state index is 11.2. The Hall–Kier alpha value is -1.46. The van der Waals surface area contributed by atoms with Gasteiger partial charge in [0.2, 0.25) is 0 Å². The monoisotopic (exact) mass is 252 g/mol. The lowest BCUT2D eigenvalue weighted by Gasteiger charge is -2.12. The largest absolute Gasteiger partial charge is 0.465 e. The molecule has 0 saturated heterocycles. The van der Waals surface area contributed by atoms with Crippen molar-refractivity contribution in [3.8, 4) is 0 Å². The van der Waals surface area contributed by atoms with Crippen LogP contribution in [0.25, 0.3) is 0 Å². The highest BCUT2D eigenvalue weighted by molar-refractivity contribution is 5.88. The Bertz CT molecular complexity index is 365. The predicted molar refractivity (Wildman–Crippen MR) is 68.4 cm³/mol. The molecule has 1 atom stereocenters. The first kappa shape index (κ1) is 14.6. The summed E-state index contributed by atoms with van der Waals surface area (Å²) in [6.07, 6.45) is 2.49. The molecule has 1 aromatic heterocycles. The molecule has 0 spiro atoms. The van der Waals surface area contributed by atoms with Gasteiger partial charge in [0.25, 0.3) is 0 Å². The summed E-state index contributed by atoms with van der Waals surface area (Å²) in [5.74, 6) is -0.365. The Balaban J connectivity index is 2.41. The number of nitrogens with one attached hydrogen (secondary N) is 1. The van der Waals surface area contributed by atoms with Crippen molar-refractivity contribution in [3.05, 3.63) is 29.6 Å². The molecule has 100 valence electrons. The van der Waals surface area contributed by atoms with E-state index in [1.54, 1.807) is 13.2 Å². The average molecular weight is 252 g/mol. The van der Waals surface area contributed by atoms with Crippen LogP contribution in [0.1, 0.15) is 29.4 Å². The van der Waals surface area contributed by atoms with Crippen LogP contribution in [0.2, 0.25) is 0 Å². The molecule has 0 radical (unpaired) electrons. The number of aromatic nitrogens is 1. The van der Waals surface area contributed by atoms with Gasteiger partial charge in [0.1, 0.15) is 0 Å². The molecule has 0 aromatic carbocycles. The quantitative estimate of drug-likeness (QED) is 0.743. The maximum absolute atomic E-state index is 11.2. The molecular weight excluding hydrogens is 232 g/mol. The summed E-state index contributed by atoms with van der Waals surface area (Å²) in [6.45, 7) is 3.51. The Kier molecular flexibility index (Phi) is 6.32. The number of nitrogens with zero attached hydrogens (tertiary/aromatic N) is 1. The second kappa shape index (κ2) is 7.79. The second-order valence-electron chi connectivity index (χ2n) is 4.09. The number of hydrogen-bond acceptors (Lipinski definition) is 5. The summed E-state index contributed by atoms with van der Waals surface area (Å²) in [4.78, 5) is 15.4. The number of carbonyl (C=O) groups is 1. The number of pyridine rings is 1. The summed E-state index contributed by atoms with van der Waals surface area (Å²) in [5, 5.41) is 3.34. The van der Waals surface area contributed by atoms with Crippen molar-refractivity contribution in [3.63, 3.8) is 0 Å². The minimum atomic E-state index is -0.365. The normalized spacial score (nSPS) is 12.2. The van der Waals surface area contributed by atoms with E-state index in [4.69, 9.17) is 4.74 Å². The zero-order valence-corrected chi connectivity index (χ0v) is 11.1. The van der Waals surface area contributed by atoms with Crippen molar-refractivity contribution in [2.24, 2.45) is 0 Å². The molecule has 18 heavy (non-hydrogen) atoms. The third-order valence-corrected chi connectivity index (χ3v) is 2.63. The van der Waals surface area contributed by atoms with Gasteiger partial charge in [-0.1, -0.05) is 0 Å². The van der Waals surface area contributed by atoms with E-state index in [0.717, 1.165) is 18.7 Å². The molecule has 5 heteroatoms. The topological polar surface area (TPSA) is 60.5 Å². The summed E-state index contributed by atoms with van der Waals surface area (Å²) in [7, 11) is 3.05. The number of carbonyl (C=O) groups excluding carboxylic acids is 1. The molecule has 1 N–H and O–H groups in total. The number of esters is 1. The molecule has 0 aliphatic carbocycles. The molecule has 0 aliphatic rings. The molecule has 0 bridgehead atoms. The summed E-state index contributed by atoms with van der Waals surface area (Å²) >= 11 is 0. The SMILES string of the molecule is COCCC(C)NCc1ccc(C(=O)OC)cn1. The lowest BCUT2D eigenvalue weighted by Crippen LogP contribution is -2.27. The van der Waals surface area contributed by atoms with E-state index in [1.165, 1.54) is 13.3 Å². The van der Waals surface area contributed by atoms with Gasteiger partial charge in [0.05, 0.1) is 18.4 Å². The van der Waals surface area contributed by atoms with Crippen molar-refractivity contribution in [1.29, 1.82) is 0 Å².